The van der Waals surface area contributed by atoms with Crippen LogP contribution in [0.3, 0.4) is 0 Å². The molecule has 0 aromatic carbocycles. The van der Waals surface area contributed by atoms with E-state index >= 15 is 0 Å². The quantitative estimate of drug-likeness (QED) is 0.465. The normalized spacial score (nSPS) is 10.5. The maximum absolute atomic E-state index is 3.87. The Labute approximate surface area is 139 Å². The summed E-state index contributed by atoms with van der Waals surface area (Å²) in [7, 11) is 0. The Balaban J connectivity index is 0.000000170. The summed E-state index contributed by atoms with van der Waals surface area (Å²) in [5.41, 5.74) is 1.53. The van der Waals surface area contributed by atoms with Crippen LogP contribution in [0, 0.1) is 0 Å². The zero-order valence-corrected chi connectivity index (χ0v) is 14.9. The van der Waals surface area contributed by atoms with Crippen molar-refractivity contribution >= 4 is 43.7 Å². The molecule has 0 saturated carbocycles. The van der Waals surface area contributed by atoms with E-state index in [4.69, 9.17) is 0 Å². The molecule has 0 N–H and O–H groups in total. The van der Waals surface area contributed by atoms with Crippen LogP contribution in [0.2, 0.25) is 0 Å². The molecule has 0 amide bonds. The Morgan fingerprint density at radius 2 is 1.86 bits per heavy atom. The molecule has 0 saturated heterocycles. The molecule has 0 bridgehead atoms. The van der Waals surface area contributed by atoms with Crippen LogP contribution in [0.25, 0.3) is 9.53 Å². The maximum Gasteiger partial charge on any atom is 0.158 e. The Bertz CT molecular complexity index is 532. The molecule has 3 rings (SSSR count). The first-order valence-electron chi connectivity index (χ1n) is 7.56. The number of hydrogen-bond acceptors (Lipinski definition) is 5. The predicted molar refractivity (Wildman–Crippen MR) is 96.7 cm³/mol. The summed E-state index contributed by atoms with van der Waals surface area (Å²) in [5.74, 6) is 0. The number of aryl methyl sites for hydroxylation is 1. The second kappa shape index (κ2) is 10.0. The molecule has 3 aromatic heterocycles. The van der Waals surface area contributed by atoms with Crippen molar-refractivity contribution < 1.29 is 0 Å². The summed E-state index contributed by atoms with van der Waals surface area (Å²) in [5, 5.41) is 10.3. The van der Waals surface area contributed by atoms with Gasteiger partial charge in [-0.2, -0.15) is 11.3 Å². The summed E-state index contributed by atoms with van der Waals surface area (Å²) in [6, 6.07) is 4.28. The van der Waals surface area contributed by atoms with Crippen molar-refractivity contribution in [2.45, 2.75) is 51.9 Å². The fourth-order valence-corrected chi connectivity index (χ4v) is 4.24. The van der Waals surface area contributed by atoms with Crippen LogP contribution in [-0.4, -0.2) is 9.59 Å². The molecular formula is C16H22N2S3. The highest BCUT2D eigenvalue weighted by atomic mass is 32.1. The van der Waals surface area contributed by atoms with Crippen LogP contribution in [0.15, 0.2) is 28.3 Å². The smallest absolute Gasteiger partial charge is 0.152 e. The van der Waals surface area contributed by atoms with Gasteiger partial charge >= 0.3 is 0 Å². The third kappa shape index (κ3) is 6.24. The Hall–Kier alpha value is -0.780. The monoisotopic (exact) mass is 338 g/mol. The zero-order valence-electron chi connectivity index (χ0n) is 12.5. The fraction of sp³-hybridized carbons (Fsp3) is 0.500. The van der Waals surface area contributed by atoms with Gasteiger partial charge in [-0.3, -0.25) is 0 Å². The minimum Gasteiger partial charge on any atom is -0.152 e. The van der Waals surface area contributed by atoms with Crippen molar-refractivity contribution in [2.75, 3.05) is 0 Å². The first-order chi connectivity index (χ1) is 10.4. The summed E-state index contributed by atoms with van der Waals surface area (Å²) < 4.78 is 4.95. The Kier molecular flexibility index (Phi) is 7.92. The van der Waals surface area contributed by atoms with Crippen LogP contribution in [0.5, 0.6) is 0 Å². The van der Waals surface area contributed by atoms with E-state index in [2.05, 4.69) is 33.3 Å². The van der Waals surface area contributed by atoms with Gasteiger partial charge < -0.3 is 0 Å². The van der Waals surface area contributed by atoms with Crippen molar-refractivity contribution in [2.24, 2.45) is 0 Å². The second-order valence-corrected chi connectivity index (χ2v) is 7.47. The summed E-state index contributed by atoms with van der Waals surface area (Å²) in [6.07, 6.45) is 9.70. The highest BCUT2D eigenvalue weighted by molar-refractivity contribution is 7.23. The molecule has 3 heterocycles. The zero-order chi connectivity index (χ0) is 14.8. The number of aromatic nitrogens is 2. The van der Waals surface area contributed by atoms with E-state index in [1.165, 1.54) is 66.7 Å². The van der Waals surface area contributed by atoms with E-state index in [-0.39, 0.29) is 0 Å². The molecule has 0 aliphatic heterocycles. The van der Waals surface area contributed by atoms with E-state index in [9.17, 15) is 0 Å². The van der Waals surface area contributed by atoms with Crippen LogP contribution in [0.4, 0.5) is 0 Å². The summed E-state index contributed by atoms with van der Waals surface area (Å²) >= 11 is 4.89. The summed E-state index contributed by atoms with van der Waals surface area (Å²) in [6.45, 7) is 2.27. The lowest BCUT2D eigenvalue weighted by atomic mass is 10.1. The van der Waals surface area contributed by atoms with Gasteiger partial charge in [0.25, 0.3) is 0 Å². The SMILES string of the molecule is CCCCCCCCc1ccsc1.c1cc2snnc2s1. The molecule has 0 aliphatic rings. The molecule has 0 fully saturated rings. The van der Waals surface area contributed by atoms with E-state index in [0.717, 1.165) is 4.83 Å². The summed E-state index contributed by atoms with van der Waals surface area (Å²) in [4.78, 5) is 1.05. The fourth-order valence-electron chi connectivity index (χ4n) is 2.08. The minimum absolute atomic E-state index is 1.05. The molecule has 0 unspecified atom stereocenters. The predicted octanol–water partition coefficient (Wildman–Crippen LogP) is 6.40. The van der Waals surface area contributed by atoms with Gasteiger partial charge in [0.05, 0.1) is 4.70 Å². The van der Waals surface area contributed by atoms with Crippen LogP contribution in [-0.2, 0) is 6.42 Å². The van der Waals surface area contributed by atoms with Gasteiger partial charge in [0.15, 0.2) is 4.83 Å². The average Bonchev–Trinajstić information content (AvgIpc) is 3.19. The highest BCUT2D eigenvalue weighted by Crippen LogP contribution is 2.19. The lowest BCUT2D eigenvalue weighted by Crippen LogP contribution is -1.83. The van der Waals surface area contributed by atoms with E-state index in [1.54, 1.807) is 11.3 Å². The van der Waals surface area contributed by atoms with Crippen molar-refractivity contribution in [3.05, 3.63) is 33.8 Å². The number of fused-ring (bicyclic) bond motifs is 1. The molecule has 3 aromatic rings. The molecule has 0 aliphatic carbocycles. The number of unbranched alkanes of at least 4 members (excludes halogenated alkanes) is 5. The van der Waals surface area contributed by atoms with Gasteiger partial charge in [-0.25, -0.2) is 0 Å². The van der Waals surface area contributed by atoms with Crippen molar-refractivity contribution in [3.63, 3.8) is 0 Å². The van der Waals surface area contributed by atoms with Gasteiger partial charge in [-0.05, 0) is 58.2 Å². The standard InChI is InChI=1S/C12H20S.C4H2N2S2/c1-2-3-4-5-6-7-8-12-9-10-13-11-12;1-2-7-4-3(1)8-6-5-4/h9-11H,2-8H2,1H3;1-2H. The Morgan fingerprint density at radius 3 is 2.62 bits per heavy atom. The molecule has 21 heavy (non-hydrogen) atoms. The second-order valence-electron chi connectivity index (χ2n) is 5.01. The topological polar surface area (TPSA) is 25.8 Å². The number of nitrogens with zero attached hydrogens (tertiary/aromatic N) is 2. The Morgan fingerprint density at radius 1 is 1.00 bits per heavy atom. The molecule has 0 atom stereocenters. The first-order valence-corrected chi connectivity index (χ1v) is 10.2. The molecular weight excluding hydrogens is 316 g/mol. The minimum atomic E-state index is 1.05. The number of hydrogen-bond donors (Lipinski definition) is 0. The van der Waals surface area contributed by atoms with Crippen molar-refractivity contribution in [1.29, 1.82) is 0 Å². The van der Waals surface area contributed by atoms with E-state index in [0.29, 0.717) is 0 Å². The van der Waals surface area contributed by atoms with Gasteiger partial charge in [-0.1, -0.05) is 43.5 Å². The van der Waals surface area contributed by atoms with Gasteiger partial charge in [0.2, 0.25) is 0 Å². The lowest BCUT2D eigenvalue weighted by molar-refractivity contribution is 0.608. The molecule has 5 heteroatoms. The molecule has 2 nitrogen and oxygen atoms in total. The number of rotatable bonds is 7. The van der Waals surface area contributed by atoms with Crippen molar-refractivity contribution in [1.82, 2.24) is 9.59 Å². The third-order valence-electron chi connectivity index (χ3n) is 3.28. The third-order valence-corrected chi connectivity index (χ3v) is 5.63. The maximum atomic E-state index is 3.87. The molecule has 114 valence electrons. The van der Waals surface area contributed by atoms with Gasteiger partial charge in [0, 0.05) is 0 Å². The van der Waals surface area contributed by atoms with Gasteiger partial charge in [-0.15, -0.1) is 16.4 Å². The lowest BCUT2D eigenvalue weighted by Gasteiger charge is -1.99. The van der Waals surface area contributed by atoms with E-state index in [1.807, 2.05) is 22.8 Å². The number of thiophene rings is 2. The average molecular weight is 339 g/mol. The van der Waals surface area contributed by atoms with Crippen LogP contribution in [0.1, 0.15) is 51.0 Å². The largest absolute Gasteiger partial charge is 0.158 e. The van der Waals surface area contributed by atoms with E-state index < -0.39 is 0 Å². The van der Waals surface area contributed by atoms with Crippen molar-refractivity contribution in [3.8, 4) is 0 Å². The molecule has 0 spiro atoms. The van der Waals surface area contributed by atoms with Crippen LogP contribution < -0.4 is 0 Å². The molecule has 0 radical (unpaired) electrons. The highest BCUT2D eigenvalue weighted by Gasteiger charge is 1.95. The first kappa shape index (κ1) is 16.6. The van der Waals surface area contributed by atoms with Gasteiger partial charge in [0.1, 0.15) is 0 Å². The van der Waals surface area contributed by atoms with Crippen LogP contribution >= 0.6 is 34.2 Å².